The Bertz CT molecular complexity index is 396. The van der Waals surface area contributed by atoms with Crippen molar-refractivity contribution in [3.05, 3.63) is 35.6 Å². The van der Waals surface area contributed by atoms with E-state index in [1.165, 1.54) is 12.1 Å². The van der Waals surface area contributed by atoms with E-state index in [0.717, 1.165) is 32.5 Å². The zero-order valence-electron chi connectivity index (χ0n) is 13.5. The molecular weight excluding hydrogens is 267 g/mol. The summed E-state index contributed by atoms with van der Waals surface area (Å²) in [6, 6.07) is 6.50. The highest BCUT2D eigenvalue weighted by Gasteiger charge is 2.10. The summed E-state index contributed by atoms with van der Waals surface area (Å²) < 4.78 is 13.1. The zero-order chi connectivity index (χ0) is 15.7. The summed E-state index contributed by atoms with van der Waals surface area (Å²) in [5.41, 5.74) is 0.623. The van der Waals surface area contributed by atoms with Gasteiger partial charge in [0, 0.05) is 12.6 Å². The molecule has 0 fully saturated rings. The maximum Gasteiger partial charge on any atom is 0.123 e. The van der Waals surface area contributed by atoms with Gasteiger partial charge in [-0.15, -0.1) is 0 Å². The SMILES string of the molecule is CCN(CC)CCCC(C)NCC(O)c1cccc(F)c1. The summed E-state index contributed by atoms with van der Waals surface area (Å²) in [4.78, 5) is 2.41. The number of aliphatic hydroxyl groups excluding tert-OH is 1. The predicted molar refractivity (Wildman–Crippen MR) is 85.8 cm³/mol. The lowest BCUT2D eigenvalue weighted by atomic mass is 10.1. The van der Waals surface area contributed by atoms with Crippen molar-refractivity contribution in [1.29, 1.82) is 0 Å². The molecule has 0 aliphatic rings. The lowest BCUT2D eigenvalue weighted by Gasteiger charge is -2.21. The topological polar surface area (TPSA) is 35.5 Å². The Hall–Kier alpha value is -0.970. The number of nitrogens with zero attached hydrogens (tertiary/aromatic N) is 1. The third kappa shape index (κ3) is 7.02. The summed E-state index contributed by atoms with van der Waals surface area (Å²) >= 11 is 0. The Labute approximate surface area is 128 Å². The molecule has 0 spiro atoms. The Morgan fingerprint density at radius 2 is 2.00 bits per heavy atom. The molecule has 2 N–H and O–H groups in total. The van der Waals surface area contributed by atoms with Crippen molar-refractivity contribution in [2.45, 2.75) is 45.8 Å². The second-order valence-corrected chi connectivity index (χ2v) is 5.55. The van der Waals surface area contributed by atoms with Crippen LogP contribution >= 0.6 is 0 Å². The van der Waals surface area contributed by atoms with Gasteiger partial charge in [0.25, 0.3) is 0 Å². The first kappa shape index (κ1) is 18.1. The van der Waals surface area contributed by atoms with Crippen LogP contribution in [-0.2, 0) is 0 Å². The van der Waals surface area contributed by atoms with Gasteiger partial charge in [-0.3, -0.25) is 0 Å². The molecule has 120 valence electrons. The van der Waals surface area contributed by atoms with E-state index < -0.39 is 6.10 Å². The normalized spacial score (nSPS) is 14.4. The average Bonchev–Trinajstić information content (AvgIpc) is 2.49. The number of aliphatic hydroxyl groups is 1. The lowest BCUT2D eigenvalue weighted by Crippen LogP contribution is -2.32. The van der Waals surface area contributed by atoms with Crippen LogP contribution in [0.1, 0.15) is 45.3 Å². The van der Waals surface area contributed by atoms with Gasteiger partial charge in [-0.1, -0.05) is 26.0 Å². The molecule has 2 unspecified atom stereocenters. The predicted octanol–water partition coefficient (Wildman–Crippen LogP) is 2.96. The van der Waals surface area contributed by atoms with Crippen molar-refractivity contribution in [2.24, 2.45) is 0 Å². The van der Waals surface area contributed by atoms with Crippen LogP contribution in [0.5, 0.6) is 0 Å². The number of hydrogen-bond acceptors (Lipinski definition) is 3. The molecule has 1 rings (SSSR count). The van der Waals surface area contributed by atoms with Crippen LogP contribution in [0.2, 0.25) is 0 Å². The van der Waals surface area contributed by atoms with Crippen molar-refractivity contribution in [3.63, 3.8) is 0 Å². The molecular formula is C17H29FN2O. The molecule has 0 heterocycles. The van der Waals surface area contributed by atoms with E-state index in [2.05, 4.69) is 31.0 Å². The second-order valence-electron chi connectivity index (χ2n) is 5.55. The van der Waals surface area contributed by atoms with Gasteiger partial charge in [0.15, 0.2) is 0 Å². The molecule has 0 saturated heterocycles. The molecule has 0 bridgehead atoms. The number of benzene rings is 1. The number of nitrogens with one attached hydrogen (secondary N) is 1. The minimum atomic E-state index is -0.661. The highest BCUT2D eigenvalue weighted by atomic mass is 19.1. The molecule has 0 amide bonds. The van der Waals surface area contributed by atoms with E-state index >= 15 is 0 Å². The van der Waals surface area contributed by atoms with E-state index in [0.29, 0.717) is 18.2 Å². The maximum absolute atomic E-state index is 13.1. The molecule has 0 aromatic heterocycles. The summed E-state index contributed by atoms with van der Waals surface area (Å²) in [6.07, 6.45) is 1.56. The number of hydrogen-bond donors (Lipinski definition) is 2. The lowest BCUT2D eigenvalue weighted by molar-refractivity contribution is 0.169. The van der Waals surface area contributed by atoms with Crippen LogP contribution in [0.3, 0.4) is 0 Å². The van der Waals surface area contributed by atoms with Gasteiger partial charge in [0.2, 0.25) is 0 Å². The highest BCUT2D eigenvalue weighted by molar-refractivity contribution is 5.18. The molecule has 3 nitrogen and oxygen atoms in total. The number of halogens is 1. The molecule has 0 aliphatic carbocycles. The van der Waals surface area contributed by atoms with Crippen LogP contribution in [-0.4, -0.2) is 42.2 Å². The average molecular weight is 296 g/mol. The van der Waals surface area contributed by atoms with E-state index in [4.69, 9.17) is 0 Å². The molecule has 4 heteroatoms. The Morgan fingerprint density at radius 1 is 1.29 bits per heavy atom. The van der Waals surface area contributed by atoms with Gasteiger partial charge in [-0.2, -0.15) is 0 Å². The van der Waals surface area contributed by atoms with Crippen LogP contribution in [0.25, 0.3) is 0 Å². The molecule has 2 atom stereocenters. The summed E-state index contributed by atoms with van der Waals surface area (Å²) in [6.45, 7) is 10.2. The van der Waals surface area contributed by atoms with Gasteiger partial charge in [-0.05, 0) is 57.1 Å². The molecule has 1 aromatic carbocycles. The van der Waals surface area contributed by atoms with Crippen LogP contribution in [0, 0.1) is 5.82 Å². The van der Waals surface area contributed by atoms with E-state index in [1.54, 1.807) is 12.1 Å². The van der Waals surface area contributed by atoms with E-state index in [-0.39, 0.29) is 5.82 Å². The summed E-state index contributed by atoms with van der Waals surface area (Å²) in [7, 11) is 0. The van der Waals surface area contributed by atoms with Gasteiger partial charge in [0.05, 0.1) is 6.10 Å². The van der Waals surface area contributed by atoms with Crippen molar-refractivity contribution in [3.8, 4) is 0 Å². The fourth-order valence-corrected chi connectivity index (χ4v) is 2.41. The molecule has 0 radical (unpaired) electrons. The summed E-state index contributed by atoms with van der Waals surface area (Å²) in [5.74, 6) is -0.307. The molecule has 0 aliphatic heterocycles. The molecule has 1 aromatic rings. The Kier molecular flexibility index (Phi) is 8.50. The summed E-state index contributed by atoms with van der Waals surface area (Å²) in [5, 5.41) is 13.4. The van der Waals surface area contributed by atoms with Gasteiger partial charge < -0.3 is 15.3 Å². The van der Waals surface area contributed by atoms with Crippen LogP contribution in [0.15, 0.2) is 24.3 Å². The molecule has 0 saturated carbocycles. The van der Waals surface area contributed by atoms with Gasteiger partial charge in [0.1, 0.15) is 5.82 Å². The van der Waals surface area contributed by atoms with Gasteiger partial charge in [-0.25, -0.2) is 4.39 Å². The smallest absolute Gasteiger partial charge is 0.123 e. The van der Waals surface area contributed by atoms with Crippen molar-refractivity contribution in [2.75, 3.05) is 26.2 Å². The maximum atomic E-state index is 13.1. The first-order chi connectivity index (χ1) is 10.1. The standard InChI is InChI=1S/C17H29FN2O/c1-4-20(5-2)11-7-8-14(3)19-13-17(21)15-9-6-10-16(18)12-15/h6,9-10,12,14,17,19,21H,4-5,7-8,11,13H2,1-3H3. The van der Waals surface area contributed by atoms with Crippen molar-refractivity contribution >= 4 is 0 Å². The zero-order valence-corrected chi connectivity index (χ0v) is 13.5. The third-order valence-electron chi connectivity index (χ3n) is 3.90. The fraction of sp³-hybridized carbons (Fsp3) is 0.647. The van der Waals surface area contributed by atoms with Gasteiger partial charge >= 0.3 is 0 Å². The van der Waals surface area contributed by atoms with Crippen LogP contribution < -0.4 is 5.32 Å². The Morgan fingerprint density at radius 3 is 2.62 bits per heavy atom. The number of rotatable bonds is 10. The molecule has 21 heavy (non-hydrogen) atoms. The minimum Gasteiger partial charge on any atom is -0.387 e. The highest BCUT2D eigenvalue weighted by Crippen LogP contribution is 2.13. The first-order valence-electron chi connectivity index (χ1n) is 7.96. The third-order valence-corrected chi connectivity index (χ3v) is 3.90. The van der Waals surface area contributed by atoms with Crippen molar-refractivity contribution < 1.29 is 9.50 Å². The minimum absolute atomic E-state index is 0.307. The van der Waals surface area contributed by atoms with E-state index in [9.17, 15) is 9.50 Å². The van der Waals surface area contributed by atoms with Crippen molar-refractivity contribution in [1.82, 2.24) is 10.2 Å². The monoisotopic (exact) mass is 296 g/mol. The van der Waals surface area contributed by atoms with E-state index in [1.807, 2.05) is 0 Å². The Balaban J connectivity index is 2.24. The fourth-order valence-electron chi connectivity index (χ4n) is 2.41. The largest absolute Gasteiger partial charge is 0.387 e. The first-order valence-corrected chi connectivity index (χ1v) is 7.96. The van der Waals surface area contributed by atoms with Crippen LogP contribution in [0.4, 0.5) is 4.39 Å². The second kappa shape index (κ2) is 9.87. The quantitative estimate of drug-likeness (QED) is 0.697.